The minimum atomic E-state index is -4.86. The Hall–Kier alpha value is -0.393. The second-order valence-electron chi connectivity index (χ2n) is 6.04. The first-order chi connectivity index (χ1) is 11.9. The van der Waals surface area contributed by atoms with Gasteiger partial charge in [0.15, 0.2) is 0 Å². The lowest BCUT2D eigenvalue weighted by Gasteiger charge is -2.36. The lowest BCUT2D eigenvalue weighted by atomic mass is 10.1. The van der Waals surface area contributed by atoms with Crippen molar-refractivity contribution in [3.63, 3.8) is 0 Å². The maximum Gasteiger partial charge on any atom is 0.581 e. The smallest absolute Gasteiger partial charge is 0.373 e. The predicted molar refractivity (Wildman–Crippen MR) is 84.3 cm³/mol. The van der Waals surface area contributed by atoms with E-state index in [4.69, 9.17) is 0 Å². The third kappa shape index (κ3) is 7.32. The van der Waals surface area contributed by atoms with Crippen LogP contribution < -0.4 is 0 Å². The summed E-state index contributed by atoms with van der Waals surface area (Å²) >= 11 is 0. The van der Waals surface area contributed by atoms with Crippen LogP contribution in [0.1, 0.15) is 57.8 Å². The number of rotatable bonds is 14. The van der Waals surface area contributed by atoms with E-state index in [0.29, 0.717) is 25.7 Å². The number of alkyl halides is 7. The molecule has 0 amide bonds. The third-order valence-electron chi connectivity index (χ3n) is 4.10. The molecule has 0 heterocycles. The number of unbranched alkanes of at least 4 members (excludes halogenated alkanes) is 6. The quantitative estimate of drug-likeness (QED) is 0.205. The number of hydrogen-bond donors (Lipinski definition) is 0. The predicted octanol–water partition coefficient (Wildman–Crippen LogP) is 5.75. The van der Waals surface area contributed by atoms with Crippen LogP contribution in [-0.2, 0) is 13.3 Å². The van der Waals surface area contributed by atoms with Crippen LogP contribution in [-0.4, -0.2) is 47.8 Å². The lowest BCUT2D eigenvalue weighted by molar-refractivity contribution is -0.199. The molecule has 0 unspecified atom stereocenters. The second kappa shape index (κ2) is 10.8. The van der Waals surface area contributed by atoms with Crippen molar-refractivity contribution in [1.82, 2.24) is 0 Å². The van der Waals surface area contributed by atoms with Crippen LogP contribution in [0.5, 0.6) is 0 Å². The molecule has 0 aliphatic carbocycles. The third-order valence-corrected chi connectivity index (χ3v) is 6.85. The van der Waals surface area contributed by atoms with Gasteiger partial charge >= 0.3 is 26.4 Å². The van der Waals surface area contributed by atoms with Crippen LogP contribution in [0.25, 0.3) is 0 Å². The average Bonchev–Trinajstić information content (AvgIpc) is 2.54. The zero-order chi connectivity index (χ0) is 20.5. The van der Waals surface area contributed by atoms with Gasteiger partial charge in [-0.2, -0.15) is 30.7 Å². The zero-order valence-corrected chi connectivity index (χ0v) is 16.2. The minimum absolute atomic E-state index is 0.0333. The molecule has 0 aliphatic rings. The van der Waals surface area contributed by atoms with Crippen LogP contribution in [0.3, 0.4) is 0 Å². The van der Waals surface area contributed by atoms with Crippen molar-refractivity contribution < 1.29 is 44.0 Å². The Morgan fingerprint density at radius 2 is 0.923 bits per heavy atom. The normalized spacial score (nSPS) is 14.1. The molecule has 158 valence electrons. The van der Waals surface area contributed by atoms with E-state index in [1.807, 2.05) is 0 Å². The van der Waals surface area contributed by atoms with Gasteiger partial charge in [0, 0.05) is 34.2 Å². The molecule has 3 nitrogen and oxygen atoms in total. The van der Waals surface area contributed by atoms with Crippen molar-refractivity contribution in [3.05, 3.63) is 0 Å². The summed E-state index contributed by atoms with van der Waals surface area (Å²) in [6.45, 7) is 0. The first-order valence-electron chi connectivity index (χ1n) is 8.37. The van der Waals surface area contributed by atoms with Crippen LogP contribution in [0.2, 0.25) is 0 Å². The molecule has 0 aromatic heterocycles. The molecule has 0 fully saturated rings. The van der Waals surface area contributed by atoms with Crippen molar-refractivity contribution in [3.8, 4) is 0 Å². The summed E-state index contributed by atoms with van der Waals surface area (Å²) in [7, 11) is -2.36. The van der Waals surface area contributed by atoms with E-state index in [2.05, 4.69) is 13.3 Å². The highest BCUT2D eigenvalue weighted by Crippen LogP contribution is 2.45. The lowest BCUT2D eigenvalue weighted by Crippen LogP contribution is -2.66. The van der Waals surface area contributed by atoms with Gasteiger partial charge in [0.1, 0.15) is 0 Å². The fourth-order valence-corrected chi connectivity index (χ4v) is 4.41. The molecule has 0 aliphatic heterocycles. The number of hydrogen-bond acceptors (Lipinski definition) is 3. The molecule has 11 heteroatoms. The zero-order valence-electron chi connectivity index (χ0n) is 15.2. The van der Waals surface area contributed by atoms with Gasteiger partial charge < -0.3 is 13.3 Å². The molecule has 0 bridgehead atoms. The Balaban J connectivity index is 4.21. The molecule has 0 atom stereocenters. The SMILES string of the molecule is CO[Si](OC)(OC)C(F)(F)C(F)(F)CCCCCCCCCC(F)(F)F. The van der Waals surface area contributed by atoms with Gasteiger partial charge in [-0.25, -0.2) is 0 Å². The van der Waals surface area contributed by atoms with Crippen LogP contribution in [0, 0.1) is 0 Å². The summed E-state index contributed by atoms with van der Waals surface area (Å²) in [6.07, 6.45) is -3.86. The highest BCUT2D eigenvalue weighted by Gasteiger charge is 2.75. The van der Waals surface area contributed by atoms with Gasteiger partial charge in [0.05, 0.1) is 0 Å². The summed E-state index contributed by atoms with van der Waals surface area (Å²) < 4.78 is 106. The van der Waals surface area contributed by atoms with E-state index in [0.717, 1.165) is 21.3 Å². The Morgan fingerprint density at radius 3 is 1.27 bits per heavy atom. The first kappa shape index (κ1) is 25.6. The van der Waals surface area contributed by atoms with E-state index >= 15 is 0 Å². The fourth-order valence-electron chi connectivity index (χ4n) is 2.57. The van der Waals surface area contributed by atoms with Gasteiger partial charge in [-0.3, -0.25) is 0 Å². The van der Waals surface area contributed by atoms with E-state index < -0.39 is 39.3 Å². The van der Waals surface area contributed by atoms with E-state index in [1.54, 1.807) is 0 Å². The summed E-state index contributed by atoms with van der Waals surface area (Å²) in [4.78, 5) is 0. The summed E-state index contributed by atoms with van der Waals surface area (Å²) in [5.41, 5.74) is -4.57. The standard InChI is InChI=1S/C15H27F7O3Si/c1-23-26(24-2,25-3)15(21,22)13(16,17)11-9-7-5-4-6-8-10-12-14(18,19)20/h4-12H2,1-3H3. The highest BCUT2D eigenvalue weighted by atomic mass is 28.4. The Morgan fingerprint density at radius 1 is 0.577 bits per heavy atom. The van der Waals surface area contributed by atoms with E-state index in [-0.39, 0.29) is 19.3 Å². The fraction of sp³-hybridized carbons (Fsp3) is 1.00. The van der Waals surface area contributed by atoms with Gasteiger partial charge in [-0.05, 0) is 12.8 Å². The molecule has 0 N–H and O–H groups in total. The molecular formula is C15H27F7O3Si. The van der Waals surface area contributed by atoms with Gasteiger partial charge in [-0.15, -0.1) is 0 Å². The van der Waals surface area contributed by atoms with Crippen molar-refractivity contribution >= 4 is 8.80 Å². The largest absolute Gasteiger partial charge is 0.581 e. The van der Waals surface area contributed by atoms with Gasteiger partial charge in [0.2, 0.25) is 0 Å². The topological polar surface area (TPSA) is 27.7 Å². The van der Waals surface area contributed by atoms with Crippen LogP contribution in [0.15, 0.2) is 0 Å². The second-order valence-corrected chi connectivity index (χ2v) is 9.00. The van der Waals surface area contributed by atoms with Gasteiger partial charge in [-0.1, -0.05) is 32.1 Å². The first-order valence-corrected chi connectivity index (χ1v) is 10.1. The maximum atomic E-state index is 14.2. The molecule has 0 aromatic carbocycles. The molecule has 26 heavy (non-hydrogen) atoms. The van der Waals surface area contributed by atoms with Crippen molar-refractivity contribution in [1.29, 1.82) is 0 Å². The summed E-state index contributed by atoms with van der Waals surface area (Å²) in [5.74, 6) is -4.35. The molecule has 0 rings (SSSR count). The number of halogens is 7. The molecular weight excluding hydrogens is 389 g/mol. The van der Waals surface area contributed by atoms with Crippen molar-refractivity contribution in [2.45, 2.75) is 75.4 Å². The molecule has 0 spiro atoms. The highest BCUT2D eigenvalue weighted by molar-refractivity contribution is 6.63. The average molecular weight is 416 g/mol. The van der Waals surface area contributed by atoms with Crippen molar-refractivity contribution in [2.24, 2.45) is 0 Å². The monoisotopic (exact) mass is 416 g/mol. The Labute approximate surface area is 150 Å². The Kier molecular flexibility index (Phi) is 10.7. The van der Waals surface area contributed by atoms with Gasteiger partial charge in [0.25, 0.3) is 0 Å². The molecule has 0 aromatic rings. The molecule has 0 radical (unpaired) electrons. The maximum absolute atomic E-state index is 14.2. The molecule has 0 saturated heterocycles. The Bertz CT molecular complexity index is 380. The summed E-state index contributed by atoms with van der Waals surface area (Å²) in [6, 6.07) is 0. The van der Waals surface area contributed by atoms with Crippen molar-refractivity contribution in [2.75, 3.05) is 21.3 Å². The van der Waals surface area contributed by atoms with Crippen LogP contribution in [0.4, 0.5) is 30.7 Å². The van der Waals surface area contributed by atoms with Crippen LogP contribution >= 0.6 is 0 Å². The molecule has 0 saturated carbocycles. The minimum Gasteiger partial charge on any atom is -0.373 e. The summed E-state index contributed by atoms with van der Waals surface area (Å²) in [5, 5.41) is 0. The van der Waals surface area contributed by atoms with E-state index in [9.17, 15) is 30.7 Å². The van der Waals surface area contributed by atoms with E-state index in [1.165, 1.54) is 0 Å².